The van der Waals surface area contributed by atoms with Crippen LogP contribution in [0.1, 0.15) is 36.0 Å². The van der Waals surface area contributed by atoms with Crippen LogP contribution in [0.5, 0.6) is 5.75 Å². The van der Waals surface area contributed by atoms with E-state index in [1.54, 1.807) is 18.4 Å². The van der Waals surface area contributed by atoms with Gasteiger partial charge in [0.15, 0.2) is 5.96 Å². The van der Waals surface area contributed by atoms with E-state index in [0.29, 0.717) is 6.54 Å². The van der Waals surface area contributed by atoms with E-state index < -0.39 is 0 Å². The van der Waals surface area contributed by atoms with Crippen molar-refractivity contribution in [3.8, 4) is 5.75 Å². The minimum atomic E-state index is 0. The number of hydrogen-bond acceptors (Lipinski definition) is 4. The van der Waals surface area contributed by atoms with Gasteiger partial charge in [-0.25, -0.2) is 9.98 Å². The van der Waals surface area contributed by atoms with Gasteiger partial charge < -0.3 is 15.4 Å². The summed E-state index contributed by atoms with van der Waals surface area (Å²) in [7, 11) is 1.68. The van der Waals surface area contributed by atoms with Gasteiger partial charge in [0.1, 0.15) is 5.75 Å². The number of halogens is 1. The summed E-state index contributed by atoms with van der Waals surface area (Å²) in [6.45, 7) is 6.54. The van der Waals surface area contributed by atoms with Crippen molar-refractivity contribution in [2.75, 3.05) is 20.2 Å². The summed E-state index contributed by atoms with van der Waals surface area (Å²) in [5.41, 5.74) is 2.29. The molecule has 2 rings (SSSR count). The highest BCUT2D eigenvalue weighted by Crippen LogP contribution is 2.12. The van der Waals surface area contributed by atoms with Gasteiger partial charge >= 0.3 is 0 Å². The molecule has 0 aliphatic heterocycles. The van der Waals surface area contributed by atoms with Crippen molar-refractivity contribution in [1.29, 1.82) is 0 Å². The molecule has 5 nitrogen and oxygen atoms in total. The maximum atomic E-state index is 5.18. The van der Waals surface area contributed by atoms with Crippen LogP contribution in [0.25, 0.3) is 0 Å². The summed E-state index contributed by atoms with van der Waals surface area (Å²) in [4.78, 5) is 9.14. The van der Waals surface area contributed by atoms with Gasteiger partial charge in [0.05, 0.1) is 18.7 Å². The first-order chi connectivity index (χ1) is 12.2. The zero-order valence-corrected chi connectivity index (χ0v) is 18.9. The molecule has 2 N–H and O–H groups in total. The number of rotatable bonds is 9. The van der Waals surface area contributed by atoms with Crippen LogP contribution < -0.4 is 15.4 Å². The fourth-order valence-electron chi connectivity index (χ4n) is 2.37. The molecule has 0 bridgehead atoms. The SMILES string of the molecule is CCNC(=NCc1ccc(OC)cc1)NCCCCc1nc(C)cs1.I. The molecule has 1 aromatic heterocycles. The first-order valence-corrected chi connectivity index (χ1v) is 9.65. The fourth-order valence-corrected chi connectivity index (χ4v) is 3.19. The lowest BCUT2D eigenvalue weighted by molar-refractivity contribution is 0.414. The van der Waals surface area contributed by atoms with Crippen molar-refractivity contribution in [3.63, 3.8) is 0 Å². The van der Waals surface area contributed by atoms with E-state index >= 15 is 0 Å². The lowest BCUT2D eigenvalue weighted by Gasteiger charge is -2.11. The Hall–Kier alpha value is -1.35. The summed E-state index contributed by atoms with van der Waals surface area (Å²) in [5, 5.41) is 10.0. The number of ether oxygens (including phenoxy) is 1. The Morgan fingerprint density at radius 2 is 1.96 bits per heavy atom. The molecule has 0 aliphatic carbocycles. The van der Waals surface area contributed by atoms with Crippen molar-refractivity contribution in [2.24, 2.45) is 4.99 Å². The Labute approximate surface area is 177 Å². The van der Waals surface area contributed by atoms with E-state index in [0.717, 1.165) is 55.3 Å². The molecule has 1 aromatic carbocycles. The monoisotopic (exact) mass is 488 g/mol. The third-order valence-electron chi connectivity index (χ3n) is 3.70. The Bertz CT molecular complexity index is 658. The molecule has 0 atom stereocenters. The number of aryl methyl sites for hydroxylation is 2. The van der Waals surface area contributed by atoms with E-state index in [9.17, 15) is 0 Å². The summed E-state index contributed by atoms with van der Waals surface area (Å²) >= 11 is 1.75. The van der Waals surface area contributed by atoms with Crippen molar-refractivity contribution in [2.45, 2.75) is 39.7 Å². The van der Waals surface area contributed by atoms with Crippen LogP contribution in [-0.4, -0.2) is 31.1 Å². The van der Waals surface area contributed by atoms with E-state index in [4.69, 9.17) is 4.74 Å². The van der Waals surface area contributed by atoms with Crippen LogP contribution in [0.2, 0.25) is 0 Å². The molecule has 0 fully saturated rings. The van der Waals surface area contributed by atoms with Gasteiger partial charge in [0.25, 0.3) is 0 Å². The normalized spacial score (nSPS) is 11.0. The maximum absolute atomic E-state index is 5.18. The summed E-state index contributed by atoms with van der Waals surface area (Å²) < 4.78 is 5.18. The minimum Gasteiger partial charge on any atom is -0.497 e. The molecule has 7 heteroatoms. The average Bonchev–Trinajstić information content (AvgIpc) is 3.05. The standard InChI is InChI=1S/C19H28N4OS.HI/c1-4-20-19(22-13-16-8-10-17(24-3)11-9-16)21-12-6-5-7-18-23-15(2)14-25-18;/h8-11,14H,4-7,12-13H2,1-3H3,(H2,20,21,22);1H. The molecular formula is C19H29IN4OS. The zero-order valence-electron chi connectivity index (χ0n) is 15.7. The van der Waals surface area contributed by atoms with Gasteiger partial charge in [-0.15, -0.1) is 35.3 Å². The Morgan fingerprint density at radius 3 is 2.58 bits per heavy atom. The molecule has 2 aromatic rings. The Balaban J connectivity index is 0.00000338. The first kappa shape index (κ1) is 22.7. The van der Waals surface area contributed by atoms with Crippen LogP contribution in [0.4, 0.5) is 0 Å². The number of guanidine groups is 1. The number of aliphatic imine (C=N–C) groups is 1. The second-order valence-corrected chi connectivity index (χ2v) is 6.75. The Morgan fingerprint density at radius 1 is 1.19 bits per heavy atom. The quantitative estimate of drug-likeness (QED) is 0.241. The molecule has 0 unspecified atom stereocenters. The number of methoxy groups -OCH3 is 1. The highest BCUT2D eigenvalue weighted by molar-refractivity contribution is 14.0. The number of benzene rings is 1. The van der Waals surface area contributed by atoms with E-state index in [1.165, 1.54) is 5.01 Å². The molecule has 1 heterocycles. The lowest BCUT2D eigenvalue weighted by atomic mass is 10.2. The number of aromatic nitrogens is 1. The zero-order chi connectivity index (χ0) is 17.9. The molecular weight excluding hydrogens is 459 g/mol. The van der Waals surface area contributed by atoms with Crippen LogP contribution in [0.3, 0.4) is 0 Å². The first-order valence-electron chi connectivity index (χ1n) is 8.77. The summed E-state index contributed by atoms with van der Waals surface area (Å²) in [6.07, 6.45) is 3.29. The van der Waals surface area contributed by atoms with E-state index in [1.807, 2.05) is 31.2 Å². The second-order valence-electron chi connectivity index (χ2n) is 5.81. The van der Waals surface area contributed by atoms with Gasteiger partial charge in [-0.2, -0.15) is 0 Å². The number of thiazole rings is 1. The summed E-state index contributed by atoms with van der Waals surface area (Å²) in [6, 6.07) is 8.01. The highest BCUT2D eigenvalue weighted by atomic mass is 127. The predicted octanol–water partition coefficient (Wildman–Crippen LogP) is 4.16. The molecule has 144 valence electrons. The second kappa shape index (κ2) is 12.9. The number of nitrogens with zero attached hydrogens (tertiary/aromatic N) is 2. The minimum absolute atomic E-state index is 0. The topological polar surface area (TPSA) is 58.5 Å². The van der Waals surface area contributed by atoms with E-state index in [-0.39, 0.29) is 24.0 Å². The van der Waals surface area contributed by atoms with E-state index in [2.05, 4.69) is 32.9 Å². The van der Waals surface area contributed by atoms with Crippen molar-refractivity contribution in [3.05, 3.63) is 45.9 Å². The average molecular weight is 488 g/mol. The van der Waals surface area contributed by atoms with Crippen molar-refractivity contribution in [1.82, 2.24) is 15.6 Å². The molecule has 0 saturated carbocycles. The van der Waals surface area contributed by atoms with Crippen molar-refractivity contribution >= 4 is 41.3 Å². The maximum Gasteiger partial charge on any atom is 0.191 e. The van der Waals surface area contributed by atoms with Gasteiger partial charge in [-0.1, -0.05) is 12.1 Å². The predicted molar refractivity (Wildman–Crippen MR) is 121 cm³/mol. The molecule has 26 heavy (non-hydrogen) atoms. The highest BCUT2D eigenvalue weighted by Gasteiger charge is 2.00. The van der Waals surface area contributed by atoms with Crippen molar-refractivity contribution < 1.29 is 4.74 Å². The third-order valence-corrected chi connectivity index (χ3v) is 4.73. The van der Waals surface area contributed by atoms with Gasteiger partial charge in [0.2, 0.25) is 0 Å². The van der Waals surface area contributed by atoms with Crippen LogP contribution in [0.15, 0.2) is 34.6 Å². The smallest absolute Gasteiger partial charge is 0.191 e. The molecule has 0 aliphatic rings. The van der Waals surface area contributed by atoms with Gasteiger partial charge in [-0.3, -0.25) is 0 Å². The molecule has 0 radical (unpaired) electrons. The molecule has 0 amide bonds. The summed E-state index contributed by atoms with van der Waals surface area (Å²) in [5.74, 6) is 1.73. The number of unbranched alkanes of at least 4 members (excludes halogenated alkanes) is 1. The Kier molecular flexibility index (Phi) is 11.3. The van der Waals surface area contributed by atoms with Crippen LogP contribution in [-0.2, 0) is 13.0 Å². The fraction of sp³-hybridized carbons (Fsp3) is 0.474. The van der Waals surface area contributed by atoms with Gasteiger partial charge in [0, 0.05) is 24.2 Å². The third kappa shape index (κ3) is 8.35. The van der Waals surface area contributed by atoms with Gasteiger partial charge in [-0.05, 0) is 50.8 Å². The lowest BCUT2D eigenvalue weighted by Crippen LogP contribution is -2.37. The number of nitrogens with one attached hydrogen (secondary N) is 2. The van der Waals surface area contributed by atoms with Crippen LogP contribution in [0, 0.1) is 6.92 Å². The largest absolute Gasteiger partial charge is 0.497 e. The number of hydrogen-bond donors (Lipinski definition) is 2. The molecule has 0 spiro atoms. The van der Waals surface area contributed by atoms with Crippen LogP contribution >= 0.6 is 35.3 Å². The molecule has 0 saturated heterocycles.